The number of carbonyl (C=O) groups excluding carboxylic acids is 1. The van der Waals surface area contributed by atoms with E-state index in [2.05, 4.69) is 0 Å². The van der Waals surface area contributed by atoms with Gasteiger partial charge in [0.05, 0.1) is 5.56 Å². The third-order valence-corrected chi connectivity index (χ3v) is 4.08. The summed E-state index contributed by atoms with van der Waals surface area (Å²) < 4.78 is 19.0. The van der Waals surface area contributed by atoms with Gasteiger partial charge in [0.1, 0.15) is 17.7 Å². The average molecular weight is 248 g/mol. The second-order valence-corrected chi connectivity index (χ2v) is 5.32. The summed E-state index contributed by atoms with van der Waals surface area (Å²) in [5.41, 5.74) is 0.405. The third-order valence-electron chi connectivity index (χ3n) is 4.08. The molecule has 1 unspecified atom stereocenters. The maximum absolute atomic E-state index is 13.1. The first-order chi connectivity index (χ1) is 8.74. The lowest BCUT2D eigenvalue weighted by Crippen LogP contribution is -2.34. The molecule has 0 radical (unpaired) electrons. The van der Waals surface area contributed by atoms with Crippen LogP contribution in [-0.2, 0) is 0 Å². The van der Waals surface area contributed by atoms with E-state index in [4.69, 9.17) is 4.74 Å². The van der Waals surface area contributed by atoms with Crippen LogP contribution in [0.3, 0.4) is 0 Å². The molecule has 3 heteroatoms. The van der Waals surface area contributed by atoms with Crippen LogP contribution in [0.15, 0.2) is 18.2 Å². The second-order valence-electron chi connectivity index (χ2n) is 5.32. The molecule has 18 heavy (non-hydrogen) atoms. The van der Waals surface area contributed by atoms with Gasteiger partial charge < -0.3 is 4.74 Å². The van der Waals surface area contributed by atoms with Gasteiger partial charge in [-0.25, -0.2) is 4.39 Å². The maximum atomic E-state index is 13.1. The van der Waals surface area contributed by atoms with Crippen molar-refractivity contribution in [3.05, 3.63) is 29.6 Å². The summed E-state index contributed by atoms with van der Waals surface area (Å²) in [6.07, 6.45) is 6.45. The summed E-state index contributed by atoms with van der Waals surface area (Å²) in [5, 5.41) is 0. The number of carbonyl (C=O) groups is 1. The van der Waals surface area contributed by atoms with Crippen LogP contribution in [0.25, 0.3) is 0 Å². The Labute approximate surface area is 106 Å². The van der Waals surface area contributed by atoms with E-state index in [1.54, 1.807) is 6.07 Å². The van der Waals surface area contributed by atoms with E-state index in [1.165, 1.54) is 31.4 Å². The number of rotatable bonds is 1. The van der Waals surface area contributed by atoms with E-state index < -0.39 is 0 Å². The van der Waals surface area contributed by atoms with Crippen molar-refractivity contribution in [1.29, 1.82) is 0 Å². The molecule has 2 aliphatic rings. The average Bonchev–Trinajstić information content (AvgIpc) is 2.40. The lowest BCUT2D eigenvalue weighted by atomic mass is 9.82. The van der Waals surface area contributed by atoms with Gasteiger partial charge >= 0.3 is 0 Å². The predicted octanol–water partition coefficient (Wildman–Crippen LogP) is 3.74. The fourth-order valence-electron chi connectivity index (χ4n) is 3.09. The molecular weight excluding hydrogens is 231 g/mol. The Morgan fingerprint density at radius 2 is 1.94 bits per heavy atom. The zero-order chi connectivity index (χ0) is 12.5. The first-order valence-corrected chi connectivity index (χ1v) is 6.73. The molecule has 1 fully saturated rings. The molecule has 0 bridgehead atoms. The molecule has 3 rings (SSSR count). The molecule has 1 aliphatic heterocycles. The molecule has 1 atom stereocenters. The molecule has 1 aromatic rings. The summed E-state index contributed by atoms with van der Waals surface area (Å²) in [7, 11) is 0. The summed E-state index contributed by atoms with van der Waals surface area (Å²) in [4.78, 5) is 12.0. The van der Waals surface area contributed by atoms with Gasteiger partial charge in [-0.15, -0.1) is 0 Å². The number of benzene rings is 1. The molecule has 0 aromatic heterocycles. The van der Waals surface area contributed by atoms with Gasteiger partial charge in [-0.05, 0) is 37.0 Å². The van der Waals surface area contributed by atoms with Gasteiger partial charge in [-0.2, -0.15) is 0 Å². The number of hydrogen-bond acceptors (Lipinski definition) is 2. The maximum Gasteiger partial charge on any atom is 0.170 e. The molecule has 0 saturated heterocycles. The molecule has 2 nitrogen and oxygen atoms in total. The smallest absolute Gasteiger partial charge is 0.170 e. The minimum atomic E-state index is -0.373. The summed E-state index contributed by atoms with van der Waals surface area (Å²) in [6, 6.07) is 4.22. The van der Waals surface area contributed by atoms with Crippen molar-refractivity contribution in [2.75, 3.05) is 0 Å². The normalized spacial score (nSPS) is 24.5. The number of fused-ring (bicyclic) bond motifs is 1. The van der Waals surface area contributed by atoms with Crippen LogP contribution in [0.1, 0.15) is 48.9 Å². The van der Waals surface area contributed by atoms with Crippen molar-refractivity contribution >= 4 is 5.78 Å². The molecule has 0 amide bonds. The zero-order valence-electron chi connectivity index (χ0n) is 10.3. The van der Waals surface area contributed by atoms with Gasteiger partial charge in [-0.3, -0.25) is 4.79 Å². The standard InChI is InChI=1S/C15H17FO2/c16-11-6-7-14-12(8-11)13(17)9-15(18-14)10-4-2-1-3-5-10/h6-8,10,15H,1-5,9H2. The zero-order valence-corrected chi connectivity index (χ0v) is 10.3. The van der Waals surface area contributed by atoms with Crippen molar-refractivity contribution in [2.24, 2.45) is 5.92 Å². The van der Waals surface area contributed by atoms with Gasteiger partial charge in [0.25, 0.3) is 0 Å². The predicted molar refractivity (Wildman–Crippen MR) is 66.3 cm³/mol. The highest BCUT2D eigenvalue weighted by molar-refractivity contribution is 5.99. The van der Waals surface area contributed by atoms with Crippen LogP contribution in [0.2, 0.25) is 0 Å². The highest BCUT2D eigenvalue weighted by Crippen LogP contribution is 2.35. The van der Waals surface area contributed by atoms with Gasteiger partial charge in [0.15, 0.2) is 5.78 Å². The van der Waals surface area contributed by atoms with Gasteiger partial charge in [0, 0.05) is 6.42 Å². The number of halogens is 1. The van der Waals surface area contributed by atoms with Crippen LogP contribution < -0.4 is 4.74 Å². The lowest BCUT2D eigenvalue weighted by molar-refractivity contribution is 0.0654. The first-order valence-electron chi connectivity index (χ1n) is 6.73. The highest BCUT2D eigenvalue weighted by atomic mass is 19.1. The second kappa shape index (κ2) is 4.71. The van der Waals surface area contributed by atoms with E-state index in [0.29, 0.717) is 23.7 Å². The topological polar surface area (TPSA) is 26.3 Å². The monoisotopic (exact) mass is 248 g/mol. The van der Waals surface area contributed by atoms with Crippen molar-refractivity contribution in [3.63, 3.8) is 0 Å². The number of hydrogen-bond donors (Lipinski definition) is 0. The number of Topliss-reactive ketones (excluding diaryl/α,β-unsaturated/α-hetero) is 1. The fraction of sp³-hybridized carbons (Fsp3) is 0.533. The summed E-state index contributed by atoms with van der Waals surface area (Å²) >= 11 is 0. The first kappa shape index (κ1) is 11.7. The van der Waals surface area contributed by atoms with Crippen LogP contribution in [0, 0.1) is 11.7 Å². The Morgan fingerprint density at radius 3 is 2.72 bits per heavy atom. The van der Waals surface area contributed by atoms with Crippen molar-refractivity contribution in [1.82, 2.24) is 0 Å². The molecule has 1 heterocycles. The largest absolute Gasteiger partial charge is 0.489 e. The van der Waals surface area contributed by atoms with Gasteiger partial charge in [0.2, 0.25) is 0 Å². The third kappa shape index (κ3) is 2.14. The number of ether oxygens (including phenoxy) is 1. The highest BCUT2D eigenvalue weighted by Gasteiger charge is 2.33. The minimum absolute atomic E-state index is 0.00392. The van der Waals surface area contributed by atoms with Crippen molar-refractivity contribution in [2.45, 2.75) is 44.6 Å². The van der Waals surface area contributed by atoms with Gasteiger partial charge in [-0.1, -0.05) is 19.3 Å². The van der Waals surface area contributed by atoms with E-state index >= 15 is 0 Å². The molecule has 0 N–H and O–H groups in total. The molecule has 96 valence electrons. The van der Waals surface area contributed by atoms with Crippen LogP contribution >= 0.6 is 0 Å². The Hall–Kier alpha value is -1.38. The van der Waals surface area contributed by atoms with E-state index in [-0.39, 0.29) is 17.7 Å². The summed E-state index contributed by atoms with van der Waals surface area (Å²) in [5.74, 6) is 0.692. The lowest BCUT2D eigenvalue weighted by Gasteiger charge is -2.33. The minimum Gasteiger partial charge on any atom is -0.489 e. The van der Waals surface area contributed by atoms with Crippen LogP contribution in [0.5, 0.6) is 5.75 Å². The Bertz CT molecular complexity index is 464. The van der Waals surface area contributed by atoms with E-state index in [0.717, 1.165) is 12.8 Å². The van der Waals surface area contributed by atoms with E-state index in [1.807, 2.05) is 0 Å². The van der Waals surface area contributed by atoms with Crippen molar-refractivity contribution in [3.8, 4) is 5.75 Å². The molecule has 0 spiro atoms. The number of ketones is 1. The molecule has 1 saturated carbocycles. The fourth-order valence-corrected chi connectivity index (χ4v) is 3.09. The Morgan fingerprint density at radius 1 is 1.17 bits per heavy atom. The summed E-state index contributed by atoms with van der Waals surface area (Å²) in [6.45, 7) is 0. The van der Waals surface area contributed by atoms with Crippen molar-refractivity contribution < 1.29 is 13.9 Å². The van der Waals surface area contributed by atoms with E-state index in [9.17, 15) is 9.18 Å². The molecule has 1 aromatic carbocycles. The molecule has 1 aliphatic carbocycles. The van der Waals surface area contributed by atoms with Crippen LogP contribution in [-0.4, -0.2) is 11.9 Å². The quantitative estimate of drug-likeness (QED) is 0.756. The van der Waals surface area contributed by atoms with Crippen LogP contribution in [0.4, 0.5) is 4.39 Å². The molecular formula is C15H17FO2. The Balaban J connectivity index is 1.82. The SMILES string of the molecule is O=C1CC(C2CCCCC2)Oc2ccc(F)cc21. The Kier molecular flexibility index (Phi) is 3.06.